The first-order valence-electron chi connectivity index (χ1n) is 6.09. The Balaban J connectivity index is 3.74. The second kappa shape index (κ2) is 10.8. The van der Waals surface area contributed by atoms with Crippen molar-refractivity contribution in [1.82, 2.24) is 16.0 Å². The van der Waals surface area contributed by atoms with Crippen molar-refractivity contribution in [3.8, 4) is 0 Å². The zero-order valence-electron chi connectivity index (χ0n) is 11.0. The summed E-state index contributed by atoms with van der Waals surface area (Å²) in [6.07, 6.45) is 0.234. The molecule has 0 heterocycles. The Bertz CT molecular complexity index is 248. The number of carbonyl (C=O) groups is 2. The lowest BCUT2D eigenvalue weighted by Gasteiger charge is -2.16. The summed E-state index contributed by atoms with van der Waals surface area (Å²) < 4.78 is 5.21. The van der Waals surface area contributed by atoms with Gasteiger partial charge in [-0.1, -0.05) is 0 Å². The molecule has 0 bridgehead atoms. The van der Waals surface area contributed by atoms with Gasteiger partial charge in [-0.2, -0.15) is 0 Å². The van der Waals surface area contributed by atoms with Gasteiger partial charge in [0.15, 0.2) is 0 Å². The predicted molar refractivity (Wildman–Crippen MR) is 67.6 cm³/mol. The van der Waals surface area contributed by atoms with Crippen molar-refractivity contribution < 1.29 is 19.4 Å². The Hall–Kier alpha value is -1.34. The minimum Gasteiger partial charge on any atom is -0.481 e. The molecule has 0 aliphatic heterocycles. The molecule has 0 radical (unpaired) electrons. The van der Waals surface area contributed by atoms with Crippen molar-refractivity contribution in [3.63, 3.8) is 0 Å². The lowest BCUT2D eigenvalue weighted by molar-refractivity contribution is -0.140. The summed E-state index contributed by atoms with van der Waals surface area (Å²) in [7, 11) is 1.85. The van der Waals surface area contributed by atoms with E-state index < -0.39 is 12.1 Å². The average Bonchev–Trinajstić information content (AvgIpc) is 2.31. The monoisotopic (exact) mass is 261 g/mol. The Labute approximate surface area is 107 Å². The number of hydrogen-bond donors (Lipinski definition) is 4. The van der Waals surface area contributed by atoms with E-state index in [0.29, 0.717) is 13.2 Å². The standard InChI is InChI=1S/C11H23N3O4/c1-3-18-9(7-10(15)16)8-14-11(17)13-6-4-5-12-2/h9,12H,3-8H2,1-2H3,(H,15,16)(H2,13,14,17). The largest absolute Gasteiger partial charge is 0.481 e. The van der Waals surface area contributed by atoms with Gasteiger partial charge in [-0.25, -0.2) is 4.79 Å². The molecule has 0 fully saturated rings. The van der Waals surface area contributed by atoms with Crippen LogP contribution in [0.1, 0.15) is 19.8 Å². The van der Waals surface area contributed by atoms with Crippen LogP contribution in [-0.2, 0) is 9.53 Å². The third-order valence-electron chi connectivity index (χ3n) is 2.18. The van der Waals surface area contributed by atoms with Crippen LogP contribution in [0, 0.1) is 0 Å². The molecular formula is C11H23N3O4. The fourth-order valence-corrected chi connectivity index (χ4v) is 1.36. The fourth-order valence-electron chi connectivity index (χ4n) is 1.36. The van der Waals surface area contributed by atoms with Crippen LogP contribution in [0.2, 0.25) is 0 Å². The Morgan fingerprint density at radius 1 is 1.28 bits per heavy atom. The first kappa shape index (κ1) is 16.7. The number of rotatable bonds is 10. The van der Waals surface area contributed by atoms with Crippen molar-refractivity contribution in [2.24, 2.45) is 0 Å². The van der Waals surface area contributed by atoms with Crippen LogP contribution < -0.4 is 16.0 Å². The maximum absolute atomic E-state index is 11.4. The molecule has 4 N–H and O–H groups in total. The van der Waals surface area contributed by atoms with E-state index in [0.717, 1.165) is 13.0 Å². The topological polar surface area (TPSA) is 99.7 Å². The van der Waals surface area contributed by atoms with E-state index >= 15 is 0 Å². The maximum atomic E-state index is 11.4. The molecule has 18 heavy (non-hydrogen) atoms. The van der Waals surface area contributed by atoms with E-state index in [2.05, 4.69) is 16.0 Å². The minimum atomic E-state index is -0.940. The molecule has 7 nitrogen and oxygen atoms in total. The smallest absolute Gasteiger partial charge is 0.314 e. The van der Waals surface area contributed by atoms with E-state index in [1.54, 1.807) is 6.92 Å². The minimum absolute atomic E-state index is 0.117. The number of hydrogen-bond acceptors (Lipinski definition) is 4. The first-order chi connectivity index (χ1) is 8.60. The van der Waals surface area contributed by atoms with Gasteiger partial charge in [-0.15, -0.1) is 0 Å². The van der Waals surface area contributed by atoms with Crippen molar-refractivity contribution in [3.05, 3.63) is 0 Å². The van der Waals surface area contributed by atoms with Gasteiger partial charge in [-0.3, -0.25) is 4.79 Å². The molecule has 0 aromatic carbocycles. The summed E-state index contributed by atoms with van der Waals surface area (Å²) in [5.74, 6) is -0.940. The van der Waals surface area contributed by atoms with Crippen LogP contribution in [-0.4, -0.2) is 56.5 Å². The number of carboxylic acids is 1. The molecule has 0 aromatic rings. The summed E-state index contributed by atoms with van der Waals surface area (Å²) in [5, 5.41) is 16.9. The van der Waals surface area contributed by atoms with Crippen LogP contribution >= 0.6 is 0 Å². The number of carboxylic acid groups (broad SMARTS) is 1. The van der Waals surface area contributed by atoms with Crippen LogP contribution in [0.3, 0.4) is 0 Å². The normalized spacial score (nSPS) is 11.9. The fraction of sp³-hybridized carbons (Fsp3) is 0.818. The van der Waals surface area contributed by atoms with Gasteiger partial charge in [-0.05, 0) is 26.9 Å². The lowest BCUT2D eigenvalue weighted by atomic mass is 10.2. The van der Waals surface area contributed by atoms with Crippen molar-refractivity contribution in [1.29, 1.82) is 0 Å². The maximum Gasteiger partial charge on any atom is 0.314 e. The Morgan fingerprint density at radius 3 is 2.56 bits per heavy atom. The summed E-state index contributed by atoms with van der Waals surface area (Å²) >= 11 is 0. The van der Waals surface area contributed by atoms with Crippen molar-refractivity contribution >= 4 is 12.0 Å². The number of urea groups is 1. The highest BCUT2D eigenvalue weighted by molar-refractivity contribution is 5.74. The molecule has 0 aliphatic carbocycles. The van der Waals surface area contributed by atoms with E-state index in [9.17, 15) is 9.59 Å². The Kier molecular flexibility index (Phi) is 9.99. The SMILES string of the molecule is CCOC(CNC(=O)NCCCNC)CC(=O)O. The number of carbonyl (C=O) groups excluding carboxylic acids is 1. The molecule has 0 saturated carbocycles. The molecule has 0 rings (SSSR count). The zero-order valence-corrected chi connectivity index (χ0v) is 11.0. The molecule has 7 heteroatoms. The molecule has 0 saturated heterocycles. The molecule has 1 unspecified atom stereocenters. The lowest BCUT2D eigenvalue weighted by Crippen LogP contribution is -2.41. The zero-order chi connectivity index (χ0) is 13.8. The predicted octanol–water partition coefficient (Wildman–Crippen LogP) is -0.225. The molecule has 1 atom stereocenters. The van der Waals surface area contributed by atoms with Crippen LogP contribution in [0.4, 0.5) is 4.79 Å². The molecule has 2 amide bonds. The third-order valence-corrected chi connectivity index (χ3v) is 2.18. The van der Waals surface area contributed by atoms with Gasteiger partial charge in [0.1, 0.15) is 0 Å². The van der Waals surface area contributed by atoms with Gasteiger partial charge in [0.05, 0.1) is 12.5 Å². The Morgan fingerprint density at radius 2 is 2.00 bits per heavy atom. The van der Waals surface area contributed by atoms with Gasteiger partial charge in [0, 0.05) is 19.7 Å². The number of amides is 2. The third kappa shape index (κ3) is 9.86. The molecular weight excluding hydrogens is 238 g/mol. The average molecular weight is 261 g/mol. The van der Waals surface area contributed by atoms with Gasteiger partial charge in [0.25, 0.3) is 0 Å². The highest BCUT2D eigenvalue weighted by Gasteiger charge is 2.14. The van der Waals surface area contributed by atoms with Crippen molar-refractivity contribution in [2.75, 3.05) is 33.3 Å². The number of aliphatic carboxylic acids is 1. The number of nitrogens with one attached hydrogen (secondary N) is 3. The summed E-state index contributed by atoms with van der Waals surface area (Å²) in [4.78, 5) is 21.9. The molecule has 106 valence electrons. The van der Waals surface area contributed by atoms with Crippen LogP contribution in [0.5, 0.6) is 0 Å². The van der Waals surface area contributed by atoms with Crippen molar-refractivity contribution in [2.45, 2.75) is 25.9 Å². The first-order valence-corrected chi connectivity index (χ1v) is 6.09. The van der Waals surface area contributed by atoms with Crippen LogP contribution in [0.25, 0.3) is 0 Å². The van der Waals surface area contributed by atoms with Gasteiger partial charge in [0.2, 0.25) is 0 Å². The molecule has 0 aromatic heterocycles. The van der Waals surface area contributed by atoms with E-state index in [4.69, 9.17) is 9.84 Å². The van der Waals surface area contributed by atoms with Gasteiger partial charge < -0.3 is 25.8 Å². The van der Waals surface area contributed by atoms with E-state index in [1.807, 2.05) is 7.05 Å². The number of ether oxygens (including phenoxy) is 1. The van der Waals surface area contributed by atoms with Gasteiger partial charge >= 0.3 is 12.0 Å². The quantitative estimate of drug-likeness (QED) is 0.407. The summed E-state index contributed by atoms with van der Waals surface area (Å²) in [6.45, 7) is 3.81. The van der Waals surface area contributed by atoms with E-state index in [1.165, 1.54) is 0 Å². The van der Waals surface area contributed by atoms with E-state index in [-0.39, 0.29) is 19.0 Å². The second-order valence-corrected chi connectivity index (χ2v) is 3.77. The summed E-state index contributed by atoms with van der Waals surface area (Å²) in [5.41, 5.74) is 0. The molecule has 0 spiro atoms. The second-order valence-electron chi connectivity index (χ2n) is 3.77. The summed E-state index contributed by atoms with van der Waals surface area (Å²) in [6, 6.07) is -0.304. The highest BCUT2D eigenvalue weighted by Crippen LogP contribution is 1.97. The molecule has 0 aliphatic rings. The van der Waals surface area contributed by atoms with Crippen LogP contribution in [0.15, 0.2) is 0 Å². The highest BCUT2D eigenvalue weighted by atomic mass is 16.5.